The van der Waals surface area contributed by atoms with E-state index >= 15 is 0 Å². The molecule has 5 N–H and O–H groups in total. The van der Waals surface area contributed by atoms with E-state index in [1.807, 2.05) is 30.6 Å². The summed E-state index contributed by atoms with van der Waals surface area (Å²) < 4.78 is 11.8. The molecule has 3 aliphatic heterocycles. The number of likely N-dealkylation sites (N-methyl/N-ethyl adjacent to an activating group) is 1. The fraction of sp³-hybridized carbons (Fsp3) is 0.630. The number of nitrogen functional groups attached to an aromatic ring is 1. The number of halogens is 1. The van der Waals surface area contributed by atoms with Crippen molar-refractivity contribution in [2.45, 2.75) is 57.8 Å². The molecule has 0 aliphatic carbocycles. The van der Waals surface area contributed by atoms with E-state index in [1.54, 1.807) is 13.2 Å². The number of aliphatic carboxylic acids is 2. The fourth-order valence-electron chi connectivity index (χ4n) is 5.35. The van der Waals surface area contributed by atoms with E-state index in [1.165, 1.54) is 0 Å². The monoisotopic (exact) mass is 597 g/mol. The minimum absolute atomic E-state index is 0.122. The van der Waals surface area contributed by atoms with Crippen molar-refractivity contribution in [2.24, 2.45) is 0 Å². The van der Waals surface area contributed by atoms with Gasteiger partial charge in [-0.25, -0.2) is 14.4 Å². The van der Waals surface area contributed by atoms with Crippen molar-refractivity contribution in [1.82, 2.24) is 20.0 Å². The van der Waals surface area contributed by atoms with Crippen molar-refractivity contribution in [3.05, 3.63) is 22.2 Å². The molecule has 1 aromatic carbocycles. The maximum atomic E-state index is 13.3. The highest BCUT2D eigenvalue weighted by molar-refractivity contribution is 6.34. The molecule has 3 amide bonds. The molecule has 0 saturated carbocycles. The Bertz CT molecular complexity index is 1150. The molecule has 1 aromatic rings. The van der Waals surface area contributed by atoms with Crippen LogP contribution in [0.2, 0.25) is 5.02 Å². The minimum atomic E-state index is -1.82. The van der Waals surface area contributed by atoms with Gasteiger partial charge >= 0.3 is 18.0 Å². The molecular formula is C27H40ClN5O8. The standard InChI is InChI=1S/C25H38ClN5O4.C2H2O4/c1-5-30-11-12-31(24(30)33)9-6-8-29-10-7-19(20(15-29)34-4)28-23(32)16-13-18(26)21(27)17-14-25(2,3)35-22(16)17;3-1(4)2(5)6/h13,19-20H,5-12,14-15,27H2,1-4H3,(H,28,32);(H,3,4)(H,5,6). The van der Waals surface area contributed by atoms with Crippen LogP contribution in [0, 0.1) is 0 Å². The van der Waals surface area contributed by atoms with Gasteiger partial charge in [-0.2, -0.15) is 0 Å². The Morgan fingerprint density at radius 2 is 1.83 bits per heavy atom. The van der Waals surface area contributed by atoms with Gasteiger partial charge in [0.05, 0.1) is 28.4 Å². The van der Waals surface area contributed by atoms with Crippen LogP contribution in [0.1, 0.15) is 49.5 Å². The van der Waals surface area contributed by atoms with Crippen LogP contribution in [0.15, 0.2) is 6.07 Å². The van der Waals surface area contributed by atoms with Crippen LogP contribution in [-0.2, 0) is 20.7 Å². The highest BCUT2D eigenvalue weighted by Gasteiger charge is 2.37. The third-order valence-electron chi connectivity index (χ3n) is 7.51. The molecule has 0 bridgehead atoms. The molecule has 41 heavy (non-hydrogen) atoms. The van der Waals surface area contributed by atoms with Crippen LogP contribution in [0.25, 0.3) is 0 Å². The van der Waals surface area contributed by atoms with Gasteiger partial charge in [0.15, 0.2) is 0 Å². The van der Waals surface area contributed by atoms with E-state index in [9.17, 15) is 9.59 Å². The first kappa shape index (κ1) is 32.2. The summed E-state index contributed by atoms with van der Waals surface area (Å²) in [5, 5.41) is 18.3. The average Bonchev–Trinajstić information content (AvgIpc) is 3.45. The Balaban J connectivity index is 0.000000696. The first-order valence-corrected chi connectivity index (χ1v) is 14.0. The molecule has 2 saturated heterocycles. The van der Waals surface area contributed by atoms with Crippen molar-refractivity contribution in [3.63, 3.8) is 0 Å². The van der Waals surface area contributed by atoms with Gasteiger partial charge in [0.2, 0.25) is 0 Å². The van der Waals surface area contributed by atoms with Gasteiger partial charge in [-0.05, 0) is 46.2 Å². The minimum Gasteiger partial charge on any atom is -0.486 e. The van der Waals surface area contributed by atoms with Gasteiger partial charge in [-0.15, -0.1) is 0 Å². The summed E-state index contributed by atoms with van der Waals surface area (Å²) in [5.74, 6) is -3.35. The van der Waals surface area contributed by atoms with E-state index in [0.29, 0.717) is 28.4 Å². The Labute approximate surface area is 244 Å². The first-order valence-electron chi connectivity index (χ1n) is 13.6. The summed E-state index contributed by atoms with van der Waals surface area (Å²) in [5.41, 5.74) is 7.42. The lowest BCUT2D eigenvalue weighted by molar-refractivity contribution is -0.159. The number of carboxylic acids is 2. The zero-order valence-corrected chi connectivity index (χ0v) is 24.7. The van der Waals surface area contributed by atoms with Crippen molar-refractivity contribution >= 4 is 41.2 Å². The van der Waals surface area contributed by atoms with Gasteiger partial charge in [-0.3, -0.25) is 4.79 Å². The molecule has 228 valence electrons. The average molecular weight is 598 g/mol. The third-order valence-corrected chi connectivity index (χ3v) is 7.82. The number of nitrogens with one attached hydrogen (secondary N) is 1. The number of hydrogen-bond acceptors (Lipinski definition) is 8. The molecule has 3 heterocycles. The van der Waals surface area contributed by atoms with E-state index in [-0.39, 0.29) is 24.1 Å². The summed E-state index contributed by atoms with van der Waals surface area (Å²) in [6.45, 7) is 11.6. The number of piperidine rings is 1. The number of urea groups is 1. The maximum Gasteiger partial charge on any atom is 0.414 e. The highest BCUT2D eigenvalue weighted by Crippen LogP contribution is 2.44. The number of carboxylic acid groups (broad SMARTS) is 2. The number of hydrogen-bond donors (Lipinski definition) is 4. The summed E-state index contributed by atoms with van der Waals surface area (Å²) in [4.78, 5) is 49.9. The molecule has 3 aliphatic rings. The summed E-state index contributed by atoms with van der Waals surface area (Å²) in [7, 11) is 1.68. The van der Waals surface area contributed by atoms with Crippen LogP contribution < -0.4 is 15.8 Å². The number of ether oxygens (including phenoxy) is 2. The number of benzene rings is 1. The molecule has 4 rings (SSSR count). The van der Waals surface area contributed by atoms with Crippen LogP contribution in [0.3, 0.4) is 0 Å². The lowest BCUT2D eigenvalue weighted by atomic mass is 9.97. The second-order valence-electron chi connectivity index (χ2n) is 10.9. The highest BCUT2D eigenvalue weighted by atomic mass is 35.5. The van der Waals surface area contributed by atoms with Crippen LogP contribution in [0.4, 0.5) is 10.5 Å². The number of rotatable bonds is 8. The van der Waals surface area contributed by atoms with Gasteiger partial charge < -0.3 is 45.4 Å². The maximum absolute atomic E-state index is 13.3. The van der Waals surface area contributed by atoms with Crippen LogP contribution in [0.5, 0.6) is 5.75 Å². The molecule has 0 radical (unpaired) electrons. The van der Waals surface area contributed by atoms with E-state index in [2.05, 4.69) is 10.2 Å². The van der Waals surface area contributed by atoms with Crippen LogP contribution in [-0.4, -0.2) is 119 Å². The van der Waals surface area contributed by atoms with Crippen LogP contribution >= 0.6 is 11.6 Å². The molecular weight excluding hydrogens is 558 g/mol. The first-order chi connectivity index (χ1) is 19.3. The largest absolute Gasteiger partial charge is 0.486 e. The lowest BCUT2D eigenvalue weighted by Gasteiger charge is -2.38. The Kier molecular flexibility index (Phi) is 10.7. The van der Waals surface area contributed by atoms with Gasteiger partial charge in [-0.1, -0.05) is 11.6 Å². The lowest BCUT2D eigenvalue weighted by Crippen LogP contribution is -2.55. The number of carbonyl (C=O) groups excluding carboxylic acids is 2. The van der Waals surface area contributed by atoms with Crippen molar-refractivity contribution in [1.29, 1.82) is 0 Å². The van der Waals surface area contributed by atoms with E-state index in [4.69, 9.17) is 46.6 Å². The number of fused-ring (bicyclic) bond motifs is 1. The van der Waals surface area contributed by atoms with Crippen molar-refractivity contribution in [3.8, 4) is 5.75 Å². The molecule has 13 nitrogen and oxygen atoms in total. The number of amides is 3. The predicted molar refractivity (Wildman–Crippen MR) is 151 cm³/mol. The van der Waals surface area contributed by atoms with Gasteiger partial charge in [0.25, 0.3) is 5.91 Å². The summed E-state index contributed by atoms with van der Waals surface area (Å²) in [6.07, 6.45) is 2.16. The van der Waals surface area contributed by atoms with Crippen molar-refractivity contribution < 1.29 is 38.9 Å². The zero-order chi connectivity index (χ0) is 30.5. The second-order valence-corrected chi connectivity index (χ2v) is 11.3. The number of nitrogens with two attached hydrogens (primary N) is 1. The van der Waals surface area contributed by atoms with E-state index in [0.717, 1.165) is 64.2 Å². The number of carbonyl (C=O) groups is 4. The third kappa shape index (κ3) is 7.92. The predicted octanol–water partition coefficient (Wildman–Crippen LogP) is 1.76. The van der Waals surface area contributed by atoms with Gasteiger partial charge in [0.1, 0.15) is 11.4 Å². The zero-order valence-electron chi connectivity index (χ0n) is 23.9. The SMILES string of the molecule is CCN1CCN(CCCN2CCC(NC(=O)c3cc(Cl)c(N)c4c3OC(C)(C)C4)C(OC)C2)C1=O.O=C(O)C(=O)O. The molecule has 0 spiro atoms. The number of likely N-dealkylation sites (tertiary alicyclic amines) is 1. The van der Waals surface area contributed by atoms with E-state index < -0.39 is 17.5 Å². The Morgan fingerprint density at radius 3 is 2.41 bits per heavy atom. The normalized spacial score (nSPS) is 21.5. The fourth-order valence-corrected chi connectivity index (χ4v) is 5.57. The Morgan fingerprint density at radius 1 is 1.17 bits per heavy atom. The number of anilines is 1. The van der Waals surface area contributed by atoms with Gasteiger partial charge in [0, 0.05) is 58.4 Å². The second kappa shape index (κ2) is 13.6. The molecule has 2 fully saturated rings. The summed E-state index contributed by atoms with van der Waals surface area (Å²) >= 11 is 6.35. The quantitative estimate of drug-likeness (QED) is 0.255. The smallest absolute Gasteiger partial charge is 0.414 e. The number of methoxy groups -OCH3 is 1. The topological polar surface area (TPSA) is 175 Å². The number of nitrogens with zero attached hydrogens (tertiary/aromatic N) is 3. The molecule has 14 heteroatoms. The summed E-state index contributed by atoms with van der Waals surface area (Å²) in [6, 6.07) is 1.62. The molecule has 2 atom stereocenters. The Hall–Kier alpha value is -3.29. The molecule has 2 unspecified atom stereocenters. The molecule has 0 aromatic heterocycles. The van der Waals surface area contributed by atoms with Crippen molar-refractivity contribution in [2.75, 3.05) is 58.7 Å².